The first-order valence-electron chi connectivity index (χ1n) is 7.08. The summed E-state index contributed by atoms with van der Waals surface area (Å²) in [6.07, 6.45) is 0. The van der Waals surface area contributed by atoms with Crippen LogP contribution in [0.1, 0.15) is 10.4 Å². The molecule has 26 heavy (non-hydrogen) atoms. The van der Waals surface area contributed by atoms with Crippen LogP contribution in [0.3, 0.4) is 0 Å². The molecule has 1 N–H and O–H groups in total. The van der Waals surface area contributed by atoms with Crippen molar-refractivity contribution in [2.24, 2.45) is 0 Å². The highest BCUT2D eigenvalue weighted by molar-refractivity contribution is 8.45. The van der Waals surface area contributed by atoms with E-state index in [2.05, 4.69) is 10.1 Å². The van der Waals surface area contributed by atoms with Gasteiger partial charge in [-0.2, -0.15) is 11.8 Å². The van der Waals surface area contributed by atoms with Crippen molar-refractivity contribution in [1.29, 1.82) is 0 Å². The van der Waals surface area contributed by atoms with Gasteiger partial charge in [-0.05, 0) is 24.3 Å². The number of methoxy groups -OCH3 is 2. The zero-order valence-electron chi connectivity index (χ0n) is 13.6. The van der Waals surface area contributed by atoms with Gasteiger partial charge in [-0.1, -0.05) is 19.4 Å². The maximum atomic E-state index is 12.7. The molecular weight excluding hydrogens is 405 g/mol. The molecule has 0 aliphatic carbocycles. The van der Waals surface area contributed by atoms with Gasteiger partial charge in [0.15, 0.2) is 6.04 Å². The second-order valence-corrected chi connectivity index (χ2v) is 9.08. The van der Waals surface area contributed by atoms with Gasteiger partial charge in [0, 0.05) is 24.2 Å². The van der Waals surface area contributed by atoms with Crippen LogP contribution in [0.15, 0.2) is 29.2 Å². The molecule has 1 aromatic rings. The fraction of sp³-hybridized carbons (Fsp3) is 0.429. The van der Waals surface area contributed by atoms with Crippen molar-refractivity contribution >= 4 is 33.9 Å². The van der Waals surface area contributed by atoms with Gasteiger partial charge in [0.25, 0.3) is 5.91 Å². The molecule has 0 saturated carbocycles. The lowest BCUT2D eigenvalue weighted by Crippen LogP contribution is -2.65. The van der Waals surface area contributed by atoms with Crippen LogP contribution < -0.4 is 5.32 Å². The molecule has 0 radical (unpaired) electrons. The zero-order chi connectivity index (χ0) is 19.9. The van der Waals surface area contributed by atoms with E-state index in [-0.39, 0.29) is 17.7 Å². The number of esters is 1. The number of hydrogen-bond donors (Lipinski definition) is 1. The molecule has 1 atom stereocenters. The molecule has 1 heterocycles. The molecule has 0 bridgehead atoms. The Balaban J connectivity index is 2.24. The summed E-state index contributed by atoms with van der Waals surface area (Å²) in [4.78, 5) is 22.1. The van der Waals surface area contributed by atoms with Crippen LogP contribution in [-0.4, -0.2) is 49.2 Å². The van der Waals surface area contributed by atoms with Crippen LogP contribution in [0.4, 0.5) is 19.4 Å². The third-order valence-corrected chi connectivity index (χ3v) is 6.45. The van der Waals surface area contributed by atoms with Gasteiger partial charge < -0.3 is 14.8 Å². The Labute approximate surface area is 150 Å². The molecular formula is C14H16F5NO4S2. The molecule has 1 unspecified atom stereocenters. The Morgan fingerprint density at radius 3 is 2.00 bits per heavy atom. The Hall–Kier alpha value is -1.53. The summed E-state index contributed by atoms with van der Waals surface area (Å²) >= 11 is 1.46. The molecule has 1 fully saturated rings. The number of benzene rings is 1. The van der Waals surface area contributed by atoms with Crippen molar-refractivity contribution in [3.8, 4) is 0 Å². The largest absolute Gasteiger partial charge is 0.467 e. The molecule has 1 aliphatic heterocycles. The number of thioether (sulfide) groups is 1. The smallest absolute Gasteiger partial charge is 0.331 e. The number of halogens is 5. The van der Waals surface area contributed by atoms with Crippen molar-refractivity contribution in [2.75, 3.05) is 25.7 Å². The van der Waals surface area contributed by atoms with Crippen LogP contribution >= 0.6 is 22.0 Å². The van der Waals surface area contributed by atoms with Gasteiger partial charge in [-0.25, -0.2) is 4.79 Å². The summed E-state index contributed by atoms with van der Waals surface area (Å²) < 4.78 is 73.5. The maximum absolute atomic E-state index is 12.7. The van der Waals surface area contributed by atoms with E-state index in [0.717, 1.165) is 7.11 Å². The number of nitrogens with one attached hydrogen (secondary N) is 1. The first-order valence-corrected chi connectivity index (χ1v) is 10.2. The van der Waals surface area contributed by atoms with Crippen molar-refractivity contribution in [3.05, 3.63) is 29.8 Å². The van der Waals surface area contributed by atoms with E-state index in [0.29, 0.717) is 23.6 Å². The predicted molar refractivity (Wildman–Crippen MR) is 88.2 cm³/mol. The summed E-state index contributed by atoms with van der Waals surface area (Å²) in [5.41, 5.74) is -1.32. The van der Waals surface area contributed by atoms with Crippen LogP contribution in [0.5, 0.6) is 0 Å². The lowest BCUT2D eigenvalue weighted by molar-refractivity contribution is -0.150. The summed E-state index contributed by atoms with van der Waals surface area (Å²) in [6.45, 7) is 0. The summed E-state index contributed by atoms with van der Waals surface area (Å²) in [5, 5.41) is 2.34. The number of carbonyl (C=O) groups excluding carboxylic acids is 2. The summed E-state index contributed by atoms with van der Waals surface area (Å²) in [7, 11) is -7.35. The highest BCUT2D eigenvalue weighted by Crippen LogP contribution is 3.02. The highest BCUT2D eigenvalue weighted by atomic mass is 32.5. The highest BCUT2D eigenvalue weighted by Gasteiger charge is 2.65. The Morgan fingerprint density at radius 1 is 1.12 bits per heavy atom. The number of rotatable bonds is 6. The molecule has 1 aliphatic rings. The Kier molecular flexibility index (Phi) is 4.79. The van der Waals surface area contributed by atoms with Crippen LogP contribution in [0, 0.1) is 0 Å². The van der Waals surface area contributed by atoms with E-state index >= 15 is 0 Å². The van der Waals surface area contributed by atoms with Crippen molar-refractivity contribution in [2.45, 2.75) is 16.5 Å². The standard InChI is InChI=1S/C14H16F5NO4S2/c1-23-13(22)11(14(24-2)7-25-8-14)20-12(21)9-3-5-10(6-4-9)26(15,16,17,18)19/h3-6,11H,7-8H2,1-2H3,(H,20,21). The molecule has 1 saturated heterocycles. The third kappa shape index (κ3) is 4.23. The van der Waals surface area contributed by atoms with Crippen molar-refractivity contribution in [1.82, 2.24) is 5.32 Å². The lowest BCUT2D eigenvalue weighted by atomic mass is 9.96. The molecule has 0 aromatic heterocycles. The minimum Gasteiger partial charge on any atom is -0.467 e. The van der Waals surface area contributed by atoms with Crippen molar-refractivity contribution in [3.63, 3.8) is 0 Å². The SMILES string of the molecule is COC(=O)C(NC(=O)c1ccc(S(F)(F)(F)(F)F)cc1)C1(OC)CSC1. The molecule has 148 valence electrons. The van der Waals surface area contributed by atoms with E-state index < -0.39 is 38.6 Å². The molecule has 5 nitrogen and oxygen atoms in total. The molecule has 1 aromatic carbocycles. The predicted octanol–water partition coefficient (Wildman–Crippen LogP) is 3.75. The number of amides is 1. The maximum Gasteiger partial charge on any atom is 0.331 e. The number of ether oxygens (including phenoxy) is 2. The van der Waals surface area contributed by atoms with E-state index in [4.69, 9.17) is 4.74 Å². The van der Waals surface area contributed by atoms with Crippen molar-refractivity contribution < 1.29 is 38.5 Å². The fourth-order valence-corrected chi connectivity index (χ4v) is 4.13. The average molecular weight is 421 g/mol. The van der Waals surface area contributed by atoms with E-state index in [1.807, 2.05) is 0 Å². The van der Waals surface area contributed by atoms with Crippen LogP contribution in [0.25, 0.3) is 0 Å². The van der Waals surface area contributed by atoms with E-state index in [1.165, 1.54) is 18.9 Å². The van der Waals surface area contributed by atoms with E-state index in [1.54, 1.807) is 0 Å². The van der Waals surface area contributed by atoms with Crippen LogP contribution in [-0.2, 0) is 14.3 Å². The quantitative estimate of drug-likeness (QED) is 0.560. The van der Waals surface area contributed by atoms with Gasteiger partial charge in [-0.3, -0.25) is 4.79 Å². The topological polar surface area (TPSA) is 64.6 Å². The van der Waals surface area contributed by atoms with Crippen LogP contribution in [0.2, 0.25) is 0 Å². The molecule has 0 spiro atoms. The van der Waals surface area contributed by atoms with Gasteiger partial charge in [-0.15, -0.1) is 0 Å². The second-order valence-electron chi connectivity index (χ2n) is 5.68. The average Bonchev–Trinajstić information content (AvgIpc) is 2.50. The lowest BCUT2D eigenvalue weighted by Gasteiger charge is -2.44. The minimum atomic E-state index is -9.82. The molecule has 12 heteroatoms. The first kappa shape index (κ1) is 20.8. The summed E-state index contributed by atoms with van der Waals surface area (Å²) in [5.74, 6) is -0.911. The normalized spacial score (nSPS) is 20.1. The van der Waals surface area contributed by atoms with Gasteiger partial charge >= 0.3 is 16.2 Å². The number of carbonyl (C=O) groups is 2. The second kappa shape index (κ2) is 5.99. The summed E-state index contributed by atoms with van der Waals surface area (Å²) in [6, 6.07) is 0.309. The minimum absolute atomic E-state index is 0.134. The monoisotopic (exact) mass is 421 g/mol. The fourth-order valence-electron chi connectivity index (χ4n) is 2.31. The zero-order valence-corrected chi connectivity index (χ0v) is 15.3. The van der Waals surface area contributed by atoms with Gasteiger partial charge in [0.05, 0.1) is 7.11 Å². The Bertz CT molecular complexity index is 714. The van der Waals surface area contributed by atoms with Gasteiger partial charge in [0.1, 0.15) is 10.5 Å². The van der Waals surface area contributed by atoms with Gasteiger partial charge in [0.2, 0.25) is 0 Å². The number of hydrogen-bond acceptors (Lipinski definition) is 5. The molecule has 2 rings (SSSR count). The molecule has 1 amide bonds. The third-order valence-electron chi connectivity index (χ3n) is 3.90. The first-order chi connectivity index (χ1) is 11.7. The van der Waals surface area contributed by atoms with E-state index in [9.17, 15) is 29.0 Å². The Morgan fingerprint density at radius 2 is 1.65 bits per heavy atom.